The largest absolute Gasteiger partial charge is 0.207 e. The van der Waals surface area contributed by atoms with Crippen LogP contribution in [0, 0.1) is 19.7 Å². The summed E-state index contributed by atoms with van der Waals surface area (Å²) in [6, 6.07) is 6.42. The summed E-state index contributed by atoms with van der Waals surface area (Å²) in [4.78, 5) is 0. The highest BCUT2D eigenvalue weighted by Gasteiger charge is 1.88. The van der Waals surface area contributed by atoms with Gasteiger partial charge in [0.25, 0.3) is 0 Å². The van der Waals surface area contributed by atoms with Crippen molar-refractivity contribution in [2.45, 2.75) is 19.8 Å². The lowest BCUT2D eigenvalue weighted by Crippen LogP contribution is -1.76. The minimum absolute atomic E-state index is 0.243. The van der Waals surface area contributed by atoms with E-state index in [1.54, 1.807) is 18.2 Å². The van der Waals surface area contributed by atoms with Crippen LogP contribution in [0.15, 0.2) is 24.3 Å². The van der Waals surface area contributed by atoms with Crippen LogP contribution in [0.1, 0.15) is 25.3 Å². The molecular weight excluding hydrogens is 151 g/mol. The maximum absolute atomic E-state index is 12.3. The van der Waals surface area contributed by atoms with Gasteiger partial charge >= 0.3 is 0 Å². The van der Waals surface area contributed by atoms with Crippen molar-refractivity contribution in [1.82, 2.24) is 0 Å². The lowest BCUT2D eigenvalue weighted by atomic mass is 10.2. The first kappa shape index (κ1) is 11.2. The van der Waals surface area contributed by atoms with Gasteiger partial charge in [-0.15, -0.1) is 0 Å². The summed E-state index contributed by atoms with van der Waals surface area (Å²) in [5.41, 5.74) is 0.451. The Morgan fingerprint density at radius 1 is 1.33 bits per heavy atom. The molecule has 12 heavy (non-hydrogen) atoms. The van der Waals surface area contributed by atoms with E-state index >= 15 is 0 Å². The zero-order valence-electron chi connectivity index (χ0n) is 7.52. The molecule has 2 radical (unpaired) electrons. The average Bonchev–Trinajstić information content (AvgIpc) is 2.11. The van der Waals surface area contributed by atoms with Crippen LogP contribution in [-0.2, 0) is 0 Å². The van der Waals surface area contributed by atoms with E-state index in [1.165, 1.54) is 12.5 Å². The van der Waals surface area contributed by atoms with Crippen LogP contribution in [-0.4, -0.2) is 0 Å². The zero-order valence-corrected chi connectivity index (χ0v) is 7.52. The molecule has 0 aliphatic heterocycles. The van der Waals surface area contributed by atoms with Crippen LogP contribution in [0.2, 0.25) is 0 Å². The Morgan fingerprint density at radius 2 is 1.83 bits per heavy atom. The van der Waals surface area contributed by atoms with Gasteiger partial charge in [0, 0.05) is 0 Å². The average molecular weight is 166 g/mol. The summed E-state index contributed by atoms with van der Waals surface area (Å²) < 4.78 is 12.3. The van der Waals surface area contributed by atoms with Crippen LogP contribution in [0.5, 0.6) is 0 Å². The molecule has 1 aromatic carbocycles. The molecule has 0 N–H and O–H groups in total. The Bertz CT molecular complexity index is 183. The minimum atomic E-state index is -0.243. The van der Waals surface area contributed by atoms with E-state index in [-0.39, 0.29) is 5.82 Å². The SMILES string of the molecule is [CH2]CCC.[CH2]c1ccccc1F. The van der Waals surface area contributed by atoms with Crippen molar-refractivity contribution in [2.24, 2.45) is 0 Å². The molecule has 1 rings (SSSR count). The maximum atomic E-state index is 12.3. The molecule has 1 aromatic rings. The van der Waals surface area contributed by atoms with E-state index < -0.39 is 0 Å². The monoisotopic (exact) mass is 166 g/mol. The third-order valence-corrected chi connectivity index (χ3v) is 1.31. The van der Waals surface area contributed by atoms with Crippen molar-refractivity contribution in [1.29, 1.82) is 0 Å². The Labute approximate surface area is 74.4 Å². The maximum Gasteiger partial charge on any atom is 0.126 e. The Kier molecular flexibility index (Phi) is 6.35. The number of benzene rings is 1. The normalized spacial score (nSPS) is 8.67. The van der Waals surface area contributed by atoms with Crippen molar-refractivity contribution in [3.8, 4) is 0 Å². The van der Waals surface area contributed by atoms with Gasteiger partial charge in [-0.1, -0.05) is 44.9 Å². The lowest BCUT2D eigenvalue weighted by molar-refractivity contribution is 0.623. The molecule has 0 amide bonds. The van der Waals surface area contributed by atoms with Gasteiger partial charge in [0.2, 0.25) is 0 Å². The van der Waals surface area contributed by atoms with E-state index in [0.717, 1.165) is 6.42 Å². The smallest absolute Gasteiger partial charge is 0.126 e. The molecule has 0 bridgehead atoms. The second-order valence-corrected chi connectivity index (χ2v) is 2.44. The van der Waals surface area contributed by atoms with E-state index in [0.29, 0.717) is 5.56 Å². The van der Waals surface area contributed by atoms with E-state index in [1.807, 2.05) is 0 Å². The van der Waals surface area contributed by atoms with Crippen LogP contribution >= 0.6 is 0 Å². The van der Waals surface area contributed by atoms with Crippen molar-refractivity contribution in [3.05, 3.63) is 49.5 Å². The fourth-order valence-corrected chi connectivity index (χ4v) is 0.498. The van der Waals surface area contributed by atoms with Crippen LogP contribution in [0.4, 0.5) is 4.39 Å². The number of rotatable bonds is 1. The van der Waals surface area contributed by atoms with Crippen molar-refractivity contribution in [2.75, 3.05) is 0 Å². The number of hydrogen-bond donors (Lipinski definition) is 0. The molecule has 66 valence electrons. The third kappa shape index (κ3) is 4.89. The van der Waals surface area contributed by atoms with Gasteiger partial charge < -0.3 is 0 Å². The summed E-state index contributed by atoms with van der Waals surface area (Å²) in [5, 5.41) is 0. The summed E-state index contributed by atoms with van der Waals surface area (Å²) in [6.45, 7) is 9.17. The first-order valence-electron chi connectivity index (χ1n) is 4.08. The molecule has 0 aromatic heterocycles. The molecule has 0 aliphatic rings. The predicted molar refractivity (Wildman–Crippen MR) is 51.1 cm³/mol. The highest BCUT2D eigenvalue weighted by atomic mass is 19.1. The quantitative estimate of drug-likeness (QED) is 0.597. The van der Waals surface area contributed by atoms with E-state index in [9.17, 15) is 4.39 Å². The molecule has 0 heterocycles. The summed E-state index contributed by atoms with van der Waals surface area (Å²) in [5.74, 6) is -0.243. The van der Waals surface area contributed by atoms with Gasteiger partial charge in [0.15, 0.2) is 0 Å². The van der Waals surface area contributed by atoms with Crippen molar-refractivity contribution >= 4 is 0 Å². The van der Waals surface area contributed by atoms with Gasteiger partial charge in [-0.25, -0.2) is 4.39 Å². The molecule has 0 aliphatic carbocycles. The Hall–Kier alpha value is -0.850. The minimum Gasteiger partial charge on any atom is -0.207 e. The molecule has 0 unspecified atom stereocenters. The Balaban J connectivity index is 0.000000261. The molecule has 0 saturated heterocycles. The second kappa shape index (κ2) is 6.84. The van der Waals surface area contributed by atoms with E-state index in [2.05, 4.69) is 20.8 Å². The molecule has 0 fully saturated rings. The molecule has 0 spiro atoms. The second-order valence-electron chi connectivity index (χ2n) is 2.44. The summed E-state index contributed by atoms with van der Waals surface area (Å²) in [7, 11) is 0. The summed E-state index contributed by atoms with van der Waals surface area (Å²) in [6.07, 6.45) is 2.28. The molecule has 1 heteroatoms. The van der Waals surface area contributed by atoms with E-state index in [4.69, 9.17) is 0 Å². The third-order valence-electron chi connectivity index (χ3n) is 1.31. The highest BCUT2D eigenvalue weighted by Crippen LogP contribution is 2.01. The number of unbranched alkanes of at least 4 members (excludes halogenated alkanes) is 1. The van der Waals surface area contributed by atoms with Crippen LogP contribution < -0.4 is 0 Å². The van der Waals surface area contributed by atoms with Gasteiger partial charge in [-0.05, 0) is 18.6 Å². The number of halogens is 1. The first-order valence-corrected chi connectivity index (χ1v) is 4.08. The van der Waals surface area contributed by atoms with Crippen molar-refractivity contribution < 1.29 is 4.39 Å². The molecule has 0 saturated carbocycles. The number of hydrogen-bond acceptors (Lipinski definition) is 0. The van der Waals surface area contributed by atoms with Gasteiger partial charge in [0.05, 0.1) is 0 Å². The fourth-order valence-electron chi connectivity index (χ4n) is 0.498. The molecular formula is C11H15F. The topological polar surface area (TPSA) is 0 Å². The predicted octanol–water partition coefficient (Wildman–Crippen LogP) is 3.63. The molecule has 0 nitrogen and oxygen atoms in total. The first-order chi connectivity index (χ1) is 5.72. The van der Waals surface area contributed by atoms with Crippen molar-refractivity contribution in [3.63, 3.8) is 0 Å². The van der Waals surface area contributed by atoms with Gasteiger partial charge in [-0.2, -0.15) is 0 Å². The fraction of sp³-hybridized carbons (Fsp3) is 0.273. The van der Waals surface area contributed by atoms with Crippen LogP contribution in [0.25, 0.3) is 0 Å². The highest BCUT2D eigenvalue weighted by molar-refractivity contribution is 5.19. The van der Waals surface area contributed by atoms with Crippen LogP contribution in [0.3, 0.4) is 0 Å². The Morgan fingerprint density at radius 3 is 2.08 bits per heavy atom. The van der Waals surface area contributed by atoms with Gasteiger partial charge in [0.1, 0.15) is 5.82 Å². The van der Waals surface area contributed by atoms with Gasteiger partial charge in [-0.3, -0.25) is 0 Å². The summed E-state index contributed by atoms with van der Waals surface area (Å²) >= 11 is 0. The standard InChI is InChI=1S/C7H6F.C4H9/c1-6-4-2-3-5-7(6)8;1-3-4-2/h2-5H,1H2;1,3-4H2,2H3. The zero-order chi connectivity index (χ0) is 9.40. The molecule has 0 atom stereocenters. The lowest BCUT2D eigenvalue weighted by Gasteiger charge is -1.89.